The van der Waals surface area contributed by atoms with Crippen LogP contribution in [-0.2, 0) is 0 Å². The van der Waals surface area contributed by atoms with Crippen LogP contribution in [0.2, 0.25) is 0 Å². The van der Waals surface area contributed by atoms with Gasteiger partial charge >= 0.3 is 0 Å². The average molecular weight is 638 g/mol. The van der Waals surface area contributed by atoms with Gasteiger partial charge in [-0.25, -0.2) is 15.0 Å². The van der Waals surface area contributed by atoms with Crippen LogP contribution in [0.25, 0.3) is 89.5 Å². The molecule has 4 nitrogen and oxygen atoms in total. The second kappa shape index (κ2) is 12.2. The molecule has 0 spiro atoms. The summed E-state index contributed by atoms with van der Waals surface area (Å²) in [6, 6.07) is 31.7. The highest BCUT2D eigenvalue weighted by atomic mass is 16.3. The van der Waals surface area contributed by atoms with E-state index >= 15 is 0 Å². The van der Waals surface area contributed by atoms with Gasteiger partial charge in [0.2, 0.25) is 0 Å². The first-order chi connectivity index (χ1) is 28.4. The molecule has 2 heterocycles. The Morgan fingerprint density at radius 3 is 1.41 bits per heavy atom. The van der Waals surface area contributed by atoms with Gasteiger partial charge in [0.25, 0.3) is 0 Å². The molecule has 9 aromatic rings. The molecule has 0 aliphatic carbocycles. The van der Waals surface area contributed by atoms with Crippen LogP contribution in [-0.4, -0.2) is 15.0 Å². The van der Waals surface area contributed by atoms with Crippen LogP contribution in [0.5, 0.6) is 0 Å². The molecule has 0 unspecified atom stereocenters. The summed E-state index contributed by atoms with van der Waals surface area (Å²) >= 11 is 0. The highest BCUT2D eigenvalue weighted by Gasteiger charge is 2.17. The molecule has 4 heteroatoms. The fraction of sp³-hybridized carbons (Fsp3) is 0. The molecule has 0 aliphatic rings. The first-order valence-electron chi connectivity index (χ1n) is 20.5. The summed E-state index contributed by atoms with van der Waals surface area (Å²) in [6.45, 7) is 0. The van der Waals surface area contributed by atoms with E-state index in [4.69, 9.17) is 18.1 Å². The summed E-state index contributed by atoms with van der Waals surface area (Å²) in [5.74, 6) is -0.686. The highest BCUT2D eigenvalue weighted by Crippen LogP contribution is 2.40. The maximum Gasteiger partial charge on any atom is 0.164 e. The number of benzene rings is 7. The second-order valence-electron chi connectivity index (χ2n) is 11.3. The number of fused-ring (bicyclic) bond motifs is 3. The highest BCUT2D eigenvalue weighted by molar-refractivity contribution is 6.13. The molecule has 9 rings (SSSR count). The molecule has 0 bridgehead atoms. The van der Waals surface area contributed by atoms with E-state index in [2.05, 4.69) is 51.4 Å². The number of hydrogen-bond donors (Lipinski definition) is 0. The third kappa shape index (κ3) is 5.35. The number of aromatic nitrogens is 3. The number of furan rings is 1. The van der Waals surface area contributed by atoms with Gasteiger partial charge in [-0.1, -0.05) is 170 Å². The standard InChI is InChI=1S/C45H29N3O/c1-4-13-30(14-5-1)31-25-27-32(28-26-31)37-21-11-23-39-40-24-12-22-38(42(40)49-41(37)39)35-19-10-20-36(29-35)45-47-43(33-15-6-2-7-16-33)46-44(48-45)34-17-8-3-9-18-34/h1-29H/i2D,3D,6D,7D,8D,9D,15D,16D,17D,18D. The van der Waals surface area contributed by atoms with Crippen LogP contribution in [0.3, 0.4) is 0 Å². The van der Waals surface area contributed by atoms with Gasteiger partial charge in [-0.2, -0.15) is 0 Å². The van der Waals surface area contributed by atoms with Gasteiger partial charge in [-0.15, -0.1) is 0 Å². The van der Waals surface area contributed by atoms with Crippen molar-refractivity contribution in [2.45, 2.75) is 0 Å². The maximum atomic E-state index is 8.65. The minimum absolute atomic E-state index is 0.0245. The lowest BCUT2D eigenvalue weighted by Crippen LogP contribution is -2.00. The van der Waals surface area contributed by atoms with Crippen LogP contribution >= 0.6 is 0 Å². The Morgan fingerprint density at radius 1 is 0.367 bits per heavy atom. The van der Waals surface area contributed by atoms with Crippen molar-refractivity contribution in [3.63, 3.8) is 0 Å². The topological polar surface area (TPSA) is 51.8 Å². The second-order valence-corrected chi connectivity index (χ2v) is 11.3. The van der Waals surface area contributed by atoms with Crippen molar-refractivity contribution in [3.8, 4) is 67.5 Å². The molecular formula is C45H29N3O. The summed E-state index contributed by atoms with van der Waals surface area (Å²) in [5.41, 5.74) is 6.76. The number of hydrogen-bond acceptors (Lipinski definition) is 4. The molecule has 0 amide bonds. The van der Waals surface area contributed by atoms with Gasteiger partial charge in [-0.3, -0.25) is 0 Å². The predicted molar refractivity (Wildman–Crippen MR) is 200 cm³/mol. The zero-order chi connectivity index (χ0) is 41.3. The van der Waals surface area contributed by atoms with Gasteiger partial charge in [-0.05, 0) is 28.3 Å². The fourth-order valence-electron chi connectivity index (χ4n) is 6.03. The molecule has 0 saturated heterocycles. The van der Waals surface area contributed by atoms with Crippen LogP contribution in [0.4, 0.5) is 0 Å². The number of para-hydroxylation sites is 2. The fourth-order valence-corrected chi connectivity index (χ4v) is 6.03. The quantitative estimate of drug-likeness (QED) is 0.182. The predicted octanol–water partition coefficient (Wildman–Crippen LogP) is 11.8. The molecule has 0 fully saturated rings. The van der Waals surface area contributed by atoms with Gasteiger partial charge in [0.1, 0.15) is 11.2 Å². The Balaban J connectivity index is 1.21. The van der Waals surface area contributed by atoms with Crippen LogP contribution in [0, 0.1) is 0 Å². The summed E-state index contributed by atoms with van der Waals surface area (Å²) < 4.78 is 90.6. The van der Waals surface area contributed by atoms with E-state index in [1.807, 2.05) is 60.7 Å². The Labute approximate surface area is 298 Å². The number of rotatable bonds is 6. The SMILES string of the molecule is [2H]c1c([2H])c([2H])c(-c2nc(-c3cccc(-c4cccc5c4oc4c(-c6ccc(-c7ccccc7)cc6)cccc45)c3)nc(-c3c([2H])c([2H])c([2H])c([2H])c3[2H])n2)c([2H])c1[2H]. The van der Waals surface area contributed by atoms with Crippen molar-refractivity contribution in [2.24, 2.45) is 0 Å². The third-order valence-corrected chi connectivity index (χ3v) is 8.34. The molecule has 0 N–H and O–H groups in total. The van der Waals surface area contributed by atoms with E-state index < -0.39 is 60.4 Å². The lowest BCUT2D eigenvalue weighted by molar-refractivity contribution is 0.671. The molecule has 0 radical (unpaired) electrons. The van der Waals surface area contributed by atoms with Crippen LogP contribution < -0.4 is 0 Å². The normalized spacial score (nSPS) is 14.1. The van der Waals surface area contributed by atoms with Crippen molar-refractivity contribution in [1.29, 1.82) is 0 Å². The first kappa shape index (κ1) is 19.9. The molecule has 2 aromatic heterocycles. The monoisotopic (exact) mass is 637 g/mol. The minimum Gasteiger partial charge on any atom is -0.455 e. The van der Waals surface area contributed by atoms with Gasteiger partial charge in [0, 0.05) is 38.6 Å². The maximum absolute atomic E-state index is 8.65. The zero-order valence-corrected chi connectivity index (χ0v) is 25.7. The van der Waals surface area contributed by atoms with Gasteiger partial charge in [0.05, 0.1) is 13.7 Å². The minimum atomic E-state index is -0.611. The molecule has 230 valence electrons. The average Bonchev–Trinajstić information content (AvgIpc) is 3.66. The zero-order valence-electron chi connectivity index (χ0n) is 35.7. The summed E-state index contributed by atoms with van der Waals surface area (Å²) in [5, 5.41) is 1.84. The van der Waals surface area contributed by atoms with Crippen molar-refractivity contribution in [2.75, 3.05) is 0 Å². The largest absolute Gasteiger partial charge is 0.455 e. The van der Waals surface area contributed by atoms with Crippen molar-refractivity contribution in [3.05, 3.63) is 176 Å². The Kier molecular flexibility index (Phi) is 4.94. The lowest BCUT2D eigenvalue weighted by atomic mass is 9.98. The summed E-state index contributed by atoms with van der Waals surface area (Å²) in [7, 11) is 0. The molecular weight excluding hydrogens is 599 g/mol. The van der Waals surface area contributed by atoms with Crippen molar-refractivity contribution < 1.29 is 18.1 Å². The Bertz CT molecular complexity index is 3020. The number of nitrogens with zero attached hydrogens (tertiary/aromatic N) is 3. The molecule has 0 saturated carbocycles. The Hall–Kier alpha value is -6.65. The van der Waals surface area contributed by atoms with Crippen molar-refractivity contribution in [1.82, 2.24) is 15.0 Å². The Morgan fingerprint density at radius 2 is 0.816 bits per heavy atom. The first-order valence-corrected chi connectivity index (χ1v) is 15.5. The molecule has 0 aliphatic heterocycles. The van der Waals surface area contributed by atoms with E-state index in [1.165, 1.54) is 0 Å². The van der Waals surface area contributed by atoms with Gasteiger partial charge in [0.15, 0.2) is 17.5 Å². The smallest absolute Gasteiger partial charge is 0.164 e. The third-order valence-electron chi connectivity index (χ3n) is 8.34. The van der Waals surface area contributed by atoms with Crippen LogP contribution in [0.1, 0.15) is 13.7 Å². The van der Waals surface area contributed by atoms with E-state index in [-0.39, 0.29) is 28.6 Å². The van der Waals surface area contributed by atoms with Gasteiger partial charge < -0.3 is 4.42 Å². The summed E-state index contributed by atoms with van der Waals surface area (Å²) in [4.78, 5) is 13.6. The van der Waals surface area contributed by atoms with E-state index in [9.17, 15) is 0 Å². The van der Waals surface area contributed by atoms with E-state index in [0.29, 0.717) is 11.1 Å². The molecule has 0 atom stereocenters. The van der Waals surface area contributed by atoms with Crippen LogP contribution in [0.15, 0.2) is 180 Å². The van der Waals surface area contributed by atoms with E-state index in [1.54, 1.807) is 18.2 Å². The van der Waals surface area contributed by atoms with E-state index in [0.717, 1.165) is 49.7 Å². The molecule has 49 heavy (non-hydrogen) atoms. The van der Waals surface area contributed by atoms with Crippen molar-refractivity contribution >= 4 is 21.9 Å². The lowest BCUT2D eigenvalue weighted by Gasteiger charge is -2.10. The molecule has 7 aromatic carbocycles. The summed E-state index contributed by atoms with van der Waals surface area (Å²) in [6.07, 6.45) is 0.